The predicted octanol–water partition coefficient (Wildman–Crippen LogP) is 2.77. The van der Waals surface area contributed by atoms with Gasteiger partial charge in [-0.25, -0.2) is 4.98 Å². The summed E-state index contributed by atoms with van der Waals surface area (Å²) in [7, 11) is 1.99. The van der Waals surface area contributed by atoms with Gasteiger partial charge in [0.25, 0.3) is 0 Å². The van der Waals surface area contributed by atoms with Gasteiger partial charge in [-0.15, -0.1) is 0 Å². The second-order valence-electron chi connectivity index (χ2n) is 3.51. The molecule has 0 spiro atoms. The van der Waals surface area contributed by atoms with Crippen LogP contribution in [0.15, 0.2) is 6.20 Å². The zero-order valence-corrected chi connectivity index (χ0v) is 9.39. The van der Waals surface area contributed by atoms with Crippen LogP contribution in [0.4, 0.5) is 5.82 Å². The Morgan fingerprint density at radius 3 is 2.71 bits per heavy atom. The quantitative estimate of drug-likeness (QED) is 0.734. The van der Waals surface area contributed by atoms with Crippen molar-refractivity contribution in [1.82, 2.24) is 9.97 Å². The van der Waals surface area contributed by atoms with Crippen LogP contribution in [0.3, 0.4) is 0 Å². The summed E-state index contributed by atoms with van der Waals surface area (Å²) in [5.41, 5.74) is 0. The first kappa shape index (κ1) is 9.99. The van der Waals surface area contributed by atoms with Gasteiger partial charge in [-0.1, -0.05) is 11.6 Å². The normalized spacial score (nSPS) is 16.5. The minimum atomic E-state index is 0.246. The number of aromatic nitrogens is 2. The summed E-state index contributed by atoms with van der Waals surface area (Å²) >= 11 is 11.7. The highest BCUT2D eigenvalue weighted by molar-refractivity contribution is 6.33. The Hall–Kier alpha value is -0.540. The summed E-state index contributed by atoms with van der Waals surface area (Å²) < 4.78 is 0. The Kier molecular flexibility index (Phi) is 2.79. The molecule has 1 fully saturated rings. The molecule has 5 heteroatoms. The maximum Gasteiger partial charge on any atom is 0.224 e. The number of nitrogens with zero attached hydrogens (tertiary/aromatic N) is 3. The van der Waals surface area contributed by atoms with Crippen molar-refractivity contribution < 1.29 is 0 Å². The van der Waals surface area contributed by atoms with Gasteiger partial charge in [-0.3, -0.25) is 0 Å². The third-order valence-electron chi connectivity index (χ3n) is 2.65. The lowest BCUT2D eigenvalue weighted by Crippen LogP contribution is -2.37. The van der Waals surface area contributed by atoms with E-state index in [1.807, 2.05) is 7.05 Å². The van der Waals surface area contributed by atoms with Crippen molar-refractivity contribution in [3.05, 3.63) is 16.5 Å². The second-order valence-corrected chi connectivity index (χ2v) is 4.25. The van der Waals surface area contributed by atoms with Crippen LogP contribution in [0.5, 0.6) is 0 Å². The molecule has 3 nitrogen and oxygen atoms in total. The molecule has 1 saturated carbocycles. The third-order valence-corrected chi connectivity index (χ3v) is 3.10. The van der Waals surface area contributed by atoms with Crippen molar-refractivity contribution in [3.8, 4) is 0 Å². The second kappa shape index (κ2) is 3.91. The average molecular weight is 232 g/mol. The molecule has 1 aliphatic carbocycles. The summed E-state index contributed by atoms with van der Waals surface area (Å²) in [6.45, 7) is 0. The lowest BCUT2D eigenvalue weighted by Gasteiger charge is -2.35. The van der Waals surface area contributed by atoms with E-state index in [2.05, 4.69) is 14.9 Å². The number of rotatable bonds is 2. The molecule has 2 rings (SSSR count). The molecule has 76 valence electrons. The summed E-state index contributed by atoms with van der Waals surface area (Å²) in [6.07, 6.45) is 5.23. The lowest BCUT2D eigenvalue weighted by atomic mass is 9.92. The molecule has 0 aliphatic heterocycles. The van der Waals surface area contributed by atoms with E-state index >= 15 is 0 Å². The van der Waals surface area contributed by atoms with E-state index in [9.17, 15) is 0 Å². The highest BCUT2D eigenvalue weighted by Gasteiger charge is 2.24. The third kappa shape index (κ3) is 1.79. The van der Waals surface area contributed by atoms with Crippen molar-refractivity contribution in [3.63, 3.8) is 0 Å². The summed E-state index contributed by atoms with van der Waals surface area (Å²) in [5, 5.41) is 0.805. The zero-order chi connectivity index (χ0) is 10.1. The van der Waals surface area contributed by atoms with Crippen LogP contribution in [0.2, 0.25) is 10.3 Å². The minimum absolute atomic E-state index is 0.246. The van der Waals surface area contributed by atoms with Gasteiger partial charge in [0.15, 0.2) is 5.82 Å². The van der Waals surface area contributed by atoms with Crippen LogP contribution in [-0.4, -0.2) is 23.1 Å². The first-order chi connectivity index (χ1) is 6.68. The molecule has 0 saturated heterocycles. The van der Waals surface area contributed by atoms with Crippen molar-refractivity contribution in [1.29, 1.82) is 0 Å². The largest absolute Gasteiger partial charge is 0.355 e. The van der Waals surface area contributed by atoms with E-state index in [1.165, 1.54) is 19.3 Å². The van der Waals surface area contributed by atoms with Gasteiger partial charge in [-0.2, -0.15) is 4.98 Å². The van der Waals surface area contributed by atoms with E-state index in [0.717, 1.165) is 5.82 Å². The van der Waals surface area contributed by atoms with Gasteiger partial charge in [-0.05, 0) is 30.9 Å². The molecule has 0 atom stereocenters. The smallest absolute Gasteiger partial charge is 0.224 e. The highest BCUT2D eigenvalue weighted by Crippen LogP contribution is 2.31. The van der Waals surface area contributed by atoms with Gasteiger partial charge in [0.05, 0.1) is 6.20 Å². The van der Waals surface area contributed by atoms with Crippen LogP contribution in [0.1, 0.15) is 19.3 Å². The topological polar surface area (TPSA) is 29.0 Å². The number of hydrogen-bond acceptors (Lipinski definition) is 3. The van der Waals surface area contributed by atoms with Crippen LogP contribution in [0.25, 0.3) is 0 Å². The molecular weight excluding hydrogens is 221 g/mol. The standard InChI is InChI=1S/C9H11Cl2N3/c1-14(6-3-2-4-6)8-7(10)5-12-9(11)13-8/h5-6H,2-4H2,1H3. The van der Waals surface area contributed by atoms with Crippen molar-refractivity contribution >= 4 is 29.0 Å². The lowest BCUT2D eigenvalue weighted by molar-refractivity contribution is 0.399. The Labute approximate surface area is 93.1 Å². The molecular formula is C9H11Cl2N3. The fourth-order valence-electron chi connectivity index (χ4n) is 1.53. The SMILES string of the molecule is CN(c1nc(Cl)ncc1Cl)C1CCC1. The summed E-state index contributed by atoms with van der Waals surface area (Å²) in [6, 6.07) is 0.554. The van der Waals surface area contributed by atoms with E-state index in [0.29, 0.717) is 11.1 Å². The number of halogens is 2. The fourth-order valence-corrected chi connectivity index (χ4v) is 1.88. The molecule has 0 bridgehead atoms. The van der Waals surface area contributed by atoms with E-state index in [1.54, 1.807) is 6.20 Å². The van der Waals surface area contributed by atoms with Crippen LogP contribution >= 0.6 is 23.2 Å². The molecule has 0 radical (unpaired) electrons. The summed E-state index contributed by atoms with van der Waals surface area (Å²) in [4.78, 5) is 10.0. The molecule has 1 aliphatic rings. The minimum Gasteiger partial charge on any atom is -0.355 e. The molecule has 1 aromatic heterocycles. The molecule has 0 amide bonds. The summed E-state index contributed by atoms with van der Waals surface area (Å²) in [5.74, 6) is 0.733. The number of anilines is 1. The molecule has 0 unspecified atom stereocenters. The van der Waals surface area contributed by atoms with Crippen LogP contribution in [-0.2, 0) is 0 Å². The Bertz CT molecular complexity index is 339. The monoisotopic (exact) mass is 231 g/mol. The van der Waals surface area contributed by atoms with E-state index in [4.69, 9.17) is 23.2 Å². The first-order valence-corrected chi connectivity index (χ1v) is 5.35. The maximum absolute atomic E-state index is 5.99. The molecule has 0 aromatic carbocycles. The highest BCUT2D eigenvalue weighted by atomic mass is 35.5. The predicted molar refractivity (Wildman–Crippen MR) is 58.1 cm³/mol. The van der Waals surface area contributed by atoms with Gasteiger partial charge < -0.3 is 4.90 Å². The molecule has 0 N–H and O–H groups in total. The first-order valence-electron chi connectivity index (χ1n) is 4.59. The van der Waals surface area contributed by atoms with Crippen LogP contribution in [0, 0.1) is 0 Å². The van der Waals surface area contributed by atoms with E-state index in [-0.39, 0.29) is 5.28 Å². The molecule has 1 heterocycles. The Balaban J connectivity index is 2.24. The van der Waals surface area contributed by atoms with Gasteiger partial charge in [0.1, 0.15) is 5.02 Å². The van der Waals surface area contributed by atoms with Crippen molar-refractivity contribution in [2.45, 2.75) is 25.3 Å². The van der Waals surface area contributed by atoms with Gasteiger partial charge >= 0.3 is 0 Å². The van der Waals surface area contributed by atoms with Gasteiger partial charge in [0, 0.05) is 13.1 Å². The van der Waals surface area contributed by atoms with E-state index < -0.39 is 0 Å². The molecule has 14 heavy (non-hydrogen) atoms. The maximum atomic E-state index is 5.99. The van der Waals surface area contributed by atoms with Crippen molar-refractivity contribution in [2.75, 3.05) is 11.9 Å². The number of hydrogen-bond donors (Lipinski definition) is 0. The van der Waals surface area contributed by atoms with Crippen LogP contribution < -0.4 is 4.90 Å². The van der Waals surface area contributed by atoms with Crippen molar-refractivity contribution in [2.24, 2.45) is 0 Å². The zero-order valence-electron chi connectivity index (χ0n) is 7.87. The van der Waals surface area contributed by atoms with Gasteiger partial charge in [0.2, 0.25) is 5.28 Å². The molecule has 1 aromatic rings. The Morgan fingerprint density at radius 1 is 1.43 bits per heavy atom. The fraction of sp³-hybridized carbons (Fsp3) is 0.556. The average Bonchev–Trinajstić information content (AvgIpc) is 2.06. The Morgan fingerprint density at radius 2 is 2.14 bits per heavy atom.